The lowest BCUT2D eigenvalue weighted by Crippen LogP contribution is -2.57. The van der Waals surface area contributed by atoms with Gasteiger partial charge in [-0.1, -0.05) is 44.2 Å². The largest absolute Gasteiger partial charge is 0.343 e. The molecule has 0 bridgehead atoms. The summed E-state index contributed by atoms with van der Waals surface area (Å²) in [4.78, 5) is 56.0. The fourth-order valence-electron chi connectivity index (χ4n) is 5.24. The lowest BCUT2D eigenvalue weighted by molar-refractivity contribution is -0.141. The van der Waals surface area contributed by atoms with E-state index in [0.717, 1.165) is 35.0 Å². The van der Waals surface area contributed by atoms with E-state index < -0.39 is 12.1 Å². The van der Waals surface area contributed by atoms with Crippen LogP contribution in [0.15, 0.2) is 42.7 Å². The molecule has 0 saturated carbocycles. The van der Waals surface area contributed by atoms with Crippen LogP contribution in [-0.2, 0) is 14.4 Å². The molecule has 0 aliphatic carbocycles. The number of hydrogen-bond acceptors (Lipinski definition) is 6. The second-order valence-electron chi connectivity index (χ2n) is 11.2. The zero-order valence-corrected chi connectivity index (χ0v) is 24.3. The number of aromatic amines is 1. The summed E-state index contributed by atoms with van der Waals surface area (Å²) in [5, 5.41) is 5.83. The van der Waals surface area contributed by atoms with Crippen molar-refractivity contribution < 1.29 is 14.4 Å². The number of likely N-dealkylation sites (tertiary alicyclic amines) is 1. The van der Waals surface area contributed by atoms with Gasteiger partial charge in [-0.3, -0.25) is 19.4 Å². The Balaban J connectivity index is 1.65. The van der Waals surface area contributed by atoms with E-state index in [1.807, 2.05) is 56.0 Å². The highest BCUT2D eigenvalue weighted by Crippen LogP contribution is 2.37. The van der Waals surface area contributed by atoms with Crippen molar-refractivity contribution >= 4 is 28.8 Å². The standard InChI is InChI=1S/C30H41N7O3/c1-18(2)14-26(38)36(6)17-24(34-29(39)20(4)31-5)30(40)37-19(3)12-13-25(37)28-33-23-16-32-15-22(27(23)35-28)21-10-8-7-9-11-21/h7-11,15-16,18-20,24-25,31H,12-14,17H2,1-6H3,(H,33,35)(H,34,39)/t19?,20-,24-,25-/m0/s1. The average Bonchev–Trinajstić information content (AvgIpc) is 3.54. The number of nitrogens with zero attached hydrogens (tertiary/aromatic N) is 4. The first-order valence-electron chi connectivity index (χ1n) is 14.0. The lowest BCUT2D eigenvalue weighted by atomic mass is 10.1. The first kappa shape index (κ1) is 29.2. The first-order chi connectivity index (χ1) is 19.1. The Morgan fingerprint density at radius 3 is 2.52 bits per heavy atom. The fourth-order valence-corrected chi connectivity index (χ4v) is 5.24. The van der Waals surface area contributed by atoms with Crippen molar-refractivity contribution in [2.45, 2.75) is 71.1 Å². The number of hydrogen-bond donors (Lipinski definition) is 3. The number of H-pyrrole nitrogens is 1. The second-order valence-corrected chi connectivity index (χ2v) is 11.2. The van der Waals surface area contributed by atoms with Crippen molar-refractivity contribution in [1.29, 1.82) is 0 Å². The summed E-state index contributed by atoms with van der Waals surface area (Å²) in [7, 11) is 3.37. The molecule has 0 radical (unpaired) electrons. The van der Waals surface area contributed by atoms with E-state index in [9.17, 15) is 14.4 Å². The van der Waals surface area contributed by atoms with Gasteiger partial charge in [0.25, 0.3) is 0 Å². The van der Waals surface area contributed by atoms with Crippen LogP contribution in [0.5, 0.6) is 0 Å². The predicted octanol–water partition coefficient (Wildman–Crippen LogP) is 3.27. The van der Waals surface area contributed by atoms with Gasteiger partial charge in [-0.05, 0) is 45.2 Å². The van der Waals surface area contributed by atoms with E-state index in [1.54, 1.807) is 38.3 Å². The molecule has 10 nitrogen and oxygen atoms in total. The Hall–Kier alpha value is -3.79. The van der Waals surface area contributed by atoms with Gasteiger partial charge >= 0.3 is 0 Å². The van der Waals surface area contributed by atoms with Gasteiger partial charge in [0.05, 0.1) is 29.3 Å². The molecule has 1 unspecified atom stereocenters. The van der Waals surface area contributed by atoms with E-state index in [4.69, 9.17) is 4.98 Å². The van der Waals surface area contributed by atoms with E-state index >= 15 is 0 Å². The van der Waals surface area contributed by atoms with E-state index in [1.165, 1.54) is 0 Å². The minimum Gasteiger partial charge on any atom is -0.343 e. The van der Waals surface area contributed by atoms with Gasteiger partial charge in [-0.25, -0.2) is 4.98 Å². The van der Waals surface area contributed by atoms with Gasteiger partial charge in [0.1, 0.15) is 11.9 Å². The maximum absolute atomic E-state index is 14.2. The summed E-state index contributed by atoms with van der Waals surface area (Å²) in [6, 6.07) is 8.24. The van der Waals surface area contributed by atoms with Crippen molar-refractivity contribution in [3.63, 3.8) is 0 Å². The zero-order chi connectivity index (χ0) is 29.0. The summed E-state index contributed by atoms with van der Waals surface area (Å²) < 4.78 is 0. The Morgan fingerprint density at radius 1 is 1.12 bits per heavy atom. The molecule has 4 atom stereocenters. The van der Waals surface area contributed by atoms with Crippen LogP contribution >= 0.6 is 0 Å². The summed E-state index contributed by atoms with van der Waals surface area (Å²) in [5.41, 5.74) is 3.53. The quantitative estimate of drug-likeness (QED) is 0.358. The maximum Gasteiger partial charge on any atom is 0.247 e. The number of likely N-dealkylation sites (N-methyl/N-ethyl adjacent to an activating group) is 2. The molecule has 3 N–H and O–H groups in total. The van der Waals surface area contributed by atoms with Crippen LogP contribution in [0.3, 0.4) is 0 Å². The van der Waals surface area contributed by atoms with Crippen molar-refractivity contribution in [3.05, 3.63) is 48.5 Å². The van der Waals surface area contributed by atoms with Crippen molar-refractivity contribution in [2.75, 3.05) is 20.6 Å². The molecule has 0 spiro atoms. The van der Waals surface area contributed by atoms with Gasteiger partial charge < -0.3 is 25.4 Å². The number of carbonyl (C=O) groups is 3. The normalized spacial score (nSPS) is 18.6. The van der Waals surface area contributed by atoms with Crippen molar-refractivity contribution in [2.24, 2.45) is 5.92 Å². The van der Waals surface area contributed by atoms with Crippen molar-refractivity contribution in [3.8, 4) is 11.1 Å². The van der Waals surface area contributed by atoms with Crippen LogP contribution in [0.25, 0.3) is 22.2 Å². The Bertz CT molecular complexity index is 1340. The highest BCUT2D eigenvalue weighted by atomic mass is 16.2. The van der Waals surface area contributed by atoms with Crippen LogP contribution in [0.2, 0.25) is 0 Å². The molecule has 3 heterocycles. The Morgan fingerprint density at radius 2 is 1.85 bits per heavy atom. The number of pyridine rings is 1. The summed E-state index contributed by atoms with van der Waals surface area (Å²) in [5.74, 6) is 0.298. The predicted molar refractivity (Wildman–Crippen MR) is 155 cm³/mol. The molecule has 1 aromatic carbocycles. The molecular weight excluding hydrogens is 506 g/mol. The Labute approximate surface area is 235 Å². The molecule has 1 aliphatic rings. The number of imidazole rings is 1. The third-order valence-electron chi connectivity index (χ3n) is 7.64. The van der Waals surface area contributed by atoms with Gasteiger partial charge in [0, 0.05) is 37.8 Å². The molecule has 3 aromatic rings. The number of fused-ring (bicyclic) bond motifs is 1. The lowest BCUT2D eigenvalue weighted by Gasteiger charge is -2.33. The number of nitrogens with one attached hydrogen (secondary N) is 3. The molecule has 1 fully saturated rings. The highest BCUT2D eigenvalue weighted by molar-refractivity contribution is 5.92. The average molecular weight is 548 g/mol. The highest BCUT2D eigenvalue weighted by Gasteiger charge is 2.41. The topological polar surface area (TPSA) is 123 Å². The van der Waals surface area contributed by atoms with Gasteiger partial charge in [-0.2, -0.15) is 0 Å². The number of benzene rings is 1. The van der Waals surface area contributed by atoms with Crippen LogP contribution in [0.1, 0.15) is 58.8 Å². The molecule has 1 saturated heterocycles. The van der Waals surface area contributed by atoms with E-state index in [0.29, 0.717) is 12.2 Å². The Kier molecular flexibility index (Phi) is 9.19. The molecule has 10 heteroatoms. The molecular formula is C30H41N7O3. The second kappa shape index (κ2) is 12.6. The first-order valence-corrected chi connectivity index (χ1v) is 14.0. The summed E-state index contributed by atoms with van der Waals surface area (Å²) in [6.07, 6.45) is 5.46. The molecule has 40 heavy (non-hydrogen) atoms. The van der Waals surface area contributed by atoms with Gasteiger partial charge in [0.2, 0.25) is 17.7 Å². The van der Waals surface area contributed by atoms with E-state index in [-0.39, 0.29) is 42.3 Å². The monoisotopic (exact) mass is 547 g/mol. The molecule has 1 aliphatic heterocycles. The minimum atomic E-state index is -0.890. The minimum absolute atomic E-state index is 0.0600. The maximum atomic E-state index is 14.2. The third-order valence-corrected chi connectivity index (χ3v) is 7.64. The third kappa shape index (κ3) is 6.33. The smallest absolute Gasteiger partial charge is 0.247 e. The van der Waals surface area contributed by atoms with E-state index in [2.05, 4.69) is 20.6 Å². The fraction of sp³-hybridized carbons (Fsp3) is 0.500. The van der Waals surface area contributed by atoms with Crippen molar-refractivity contribution in [1.82, 2.24) is 35.4 Å². The van der Waals surface area contributed by atoms with Crippen LogP contribution < -0.4 is 10.6 Å². The number of aromatic nitrogens is 3. The van der Waals surface area contributed by atoms with Crippen LogP contribution in [-0.4, -0.2) is 81.2 Å². The molecule has 3 amide bonds. The number of rotatable bonds is 10. The SMILES string of the molecule is CN[C@@H](C)C(=O)N[C@@H](CN(C)C(=O)CC(C)C)C(=O)N1C(C)CC[C@H]1c1nc2c(-c3ccccc3)cncc2[nH]1. The number of amides is 3. The van der Waals surface area contributed by atoms with Gasteiger partial charge in [-0.15, -0.1) is 0 Å². The molecule has 4 rings (SSSR count). The van der Waals surface area contributed by atoms with Crippen LogP contribution in [0, 0.1) is 5.92 Å². The summed E-state index contributed by atoms with van der Waals surface area (Å²) in [6.45, 7) is 7.80. The number of carbonyl (C=O) groups excluding carboxylic acids is 3. The molecule has 2 aromatic heterocycles. The summed E-state index contributed by atoms with van der Waals surface area (Å²) >= 11 is 0. The zero-order valence-electron chi connectivity index (χ0n) is 24.3. The molecule has 214 valence electrons. The van der Waals surface area contributed by atoms with Gasteiger partial charge in [0.15, 0.2) is 0 Å². The van der Waals surface area contributed by atoms with Crippen LogP contribution in [0.4, 0.5) is 0 Å².